The fourth-order valence-corrected chi connectivity index (χ4v) is 3.11. The number of hydrogen-bond acceptors (Lipinski definition) is 3. The van der Waals surface area contributed by atoms with E-state index >= 15 is 0 Å². The van der Waals surface area contributed by atoms with Crippen molar-refractivity contribution in [2.75, 3.05) is 0 Å². The second-order valence-electron chi connectivity index (χ2n) is 5.43. The molecular formula is C15H20BrNO3. The molecule has 0 N–H and O–H groups in total. The number of rotatable bonds is 3. The molecule has 0 aromatic carbocycles. The van der Waals surface area contributed by atoms with Gasteiger partial charge >= 0.3 is 5.97 Å². The van der Waals surface area contributed by atoms with Gasteiger partial charge in [0.15, 0.2) is 0 Å². The number of ether oxygens (including phenoxy) is 1. The Balaban J connectivity index is 2.12. The summed E-state index contributed by atoms with van der Waals surface area (Å²) in [5.74, 6) is -0.323. The van der Waals surface area contributed by atoms with Gasteiger partial charge in [-0.05, 0) is 61.5 Å². The summed E-state index contributed by atoms with van der Waals surface area (Å²) in [6.07, 6.45) is 6.97. The summed E-state index contributed by atoms with van der Waals surface area (Å²) in [7, 11) is 0. The van der Waals surface area contributed by atoms with E-state index in [-0.39, 0.29) is 17.6 Å². The van der Waals surface area contributed by atoms with Crippen molar-refractivity contribution in [2.45, 2.75) is 58.1 Å². The topological polar surface area (TPSA) is 48.3 Å². The maximum Gasteiger partial charge on any atom is 0.329 e. The molecule has 0 spiro atoms. The molecule has 1 atom stereocenters. The number of pyridine rings is 1. The van der Waals surface area contributed by atoms with Crippen molar-refractivity contribution in [1.29, 1.82) is 0 Å². The zero-order chi connectivity index (χ0) is 14.7. The number of halogens is 1. The Morgan fingerprint density at radius 3 is 2.70 bits per heavy atom. The monoisotopic (exact) mass is 341 g/mol. The van der Waals surface area contributed by atoms with Crippen molar-refractivity contribution < 1.29 is 9.53 Å². The van der Waals surface area contributed by atoms with E-state index in [0.29, 0.717) is 5.56 Å². The van der Waals surface area contributed by atoms with Crippen LogP contribution in [0.1, 0.15) is 50.6 Å². The maximum atomic E-state index is 12.2. The minimum atomic E-state index is -0.597. The van der Waals surface area contributed by atoms with E-state index in [1.54, 1.807) is 26.1 Å². The van der Waals surface area contributed by atoms with Crippen LogP contribution in [0.5, 0.6) is 0 Å². The van der Waals surface area contributed by atoms with Crippen molar-refractivity contribution in [2.24, 2.45) is 0 Å². The summed E-state index contributed by atoms with van der Waals surface area (Å²) in [5, 5.41) is 0. The molecule has 20 heavy (non-hydrogen) atoms. The second-order valence-corrected chi connectivity index (χ2v) is 6.34. The Morgan fingerprint density at radius 2 is 2.05 bits per heavy atom. The molecule has 1 saturated carbocycles. The lowest BCUT2D eigenvalue weighted by Crippen LogP contribution is -2.32. The van der Waals surface area contributed by atoms with E-state index in [9.17, 15) is 9.59 Å². The molecular weight excluding hydrogens is 322 g/mol. The third-order valence-corrected chi connectivity index (χ3v) is 4.22. The van der Waals surface area contributed by atoms with Gasteiger partial charge in [0.1, 0.15) is 12.1 Å². The number of carbonyl (C=O) groups is 1. The van der Waals surface area contributed by atoms with Crippen LogP contribution < -0.4 is 5.56 Å². The van der Waals surface area contributed by atoms with Crippen molar-refractivity contribution in [3.8, 4) is 0 Å². The number of esters is 1. The zero-order valence-corrected chi connectivity index (χ0v) is 13.5. The molecule has 0 radical (unpaired) electrons. The molecule has 110 valence electrons. The first-order valence-corrected chi connectivity index (χ1v) is 7.87. The molecule has 1 fully saturated rings. The van der Waals surface area contributed by atoms with Crippen LogP contribution in [0.2, 0.25) is 0 Å². The highest BCUT2D eigenvalue weighted by Crippen LogP contribution is 2.22. The van der Waals surface area contributed by atoms with Crippen molar-refractivity contribution in [3.63, 3.8) is 0 Å². The van der Waals surface area contributed by atoms with Gasteiger partial charge in [-0.3, -0.25) is 4.79 Å². The molecule has 1 heterocycles. The van der Waals surface area contributed by atoms with Crippen LogP contribution in [0.4, 0.5) is 0 Å². The molecule has 0 saturated heterocycles. The van der Waals surface area contributed by atoms with E-state index in [2.05, 4.69) is 15.9 Å². The summed E-state index contributed by atoms with van der Waals surface area (Å²) in [6.45, 7) is 3.45. The molecule has 1 aliphatic rings. The Bertz CT molecular complexity index is 547. The van der Waals surface area contributed by atoms with Crippen molar-refractivity contribution in [3.05, 3.63) is 32.7 Å². The van der Waals surface area contributed by atoms with E-state index < -0.39 is 6.04 Å². The predicted molar refractivity (Wildman–Crippen MR) is 80.8 cm³/mol. The SMILES string of the molecule is Cc1cc(Br)cn(C(C)C(=O)OC2CCCCC2)c1=O. The maximum absolute atomic E-state index is 12.2. The fourth-order valence-electron chi connectivity index (χ4n) is 2.55. The van der Waals surface area contributed by atoms with E-state index in [4.69, 9.17) is 4.74 Å². The first-order valence-electron chi connectivity index (χ1n) is 7.08. The Labute approximate surface area is 127 Å². The van der Waals surface area contributed by atoms with Crippen LogP contribution in [0.15, 0.2) is 21.5 Å². The highest BCUT2D eigenvalue weighted by molar-refractivity contribution is 9.10. The van der Waals surface area contributed by atoms with E-state index in [1.165, 1.54) is 11.0 Å². The summed E-state index contributed by atoms with van der Waals surface area (Å²) >= 11 is 3.35. The molecule has 1 aromatic heterocycles. The molecule has 1 unspecified atom stereocenters. The number of hydrogen-bond donors (Lipinski definition) is 0. The van der Waals surface area contributed by atoms with Gasteiger partial charge in [0, 0.05) is 16.2 Å². The minimum absolute atomic E-state index is 0.0163. The first kappa shape index (κ1) is 15.3. The summed E-state index contributed by atoms with van der Waals surface area (Å²) in [4.78, 5) is 24.3. The molecule has 0 aliphatic heterocycles. The zero-order valence-electron chi connectivity index (χ0n) is 11.9. The smallest absolute Gasteiger partial charge is 0.329 e. The molecule has 4 nitrogen and oxygen atoms in total. The standard InChI is InChI=1S/C15H20BrNO3/c1-10-8-12(16)9-17(14(10)18)11(2)15(19)20-13-6-4-3-5-7-13/h8-9,11,13H,3-7H2,1-2H3. The number of nitrogens with zero attached hydrogens (tertiary/aromatic N) is 1. The van der Waals surface area contributed by atoms with Crippen molar-refractivity contribution >= 4 is 21.9 Å². The number of aryl methyl sites for hydroxylation is 1. The lowest BCUT2D eigenvalue weighted by Gasteiger charge is -2.24. The average Bonchev–Trinajstić information content (AvgIpc) is 2.43. The molecule has 2 rings (SSSR count). The molecule has 5 heteroatoms. The molecule has 1 aromatic rings. The van der Waals surface area contributed by atoms with Crippen LogP contribution in [0.3, 0.4) is 0 Å². The minimum Gasteiger partial charge on any atom is -0.461 e. The van der Waals surface area contributed by atoms with Crippen molar-refractivity contribution in [1.82, 2.24) is 4.57 Å². The lowest BCUT2D eigenvalue weighted by molar-refractivity contribution is -0.154. The van der Waals surface area contributed by atoms with Gasteiger partial charge in [0.05, 0.1) is 0 Å². The second kappa shape index (κ2) is 6.57. The van der Waals surface area contributed by atoms with Gasteiger partial charge in [-0.15, -0.1) is 0 Å². The van der Waals surface area contributed by atoms with Crippen LogP contribution in [-0.4, -0.2) is 16.6 Å². The van der Waals surface area contributed by atoms with Gasteiger partial charge in [0.25, 0.3) is 5.56 Å². The Kier molecular flexibility index (Phi) is 5.02. The fraction of sp³-hybridized carbons (Fsp3) is 0.600. The quantitative estimate of drug-likeness (QED) is 0.792. The van der Waals surface area contributed by atoms with Gasteiger partial charge < -0.3 is 9.30 Å². The molecule has 0 bridgehead atoms. The van der Waals surface area contributed by atoms with E-state index in [0.717, 1.165) is 30.2 Å². The van der Waals surface area contributed by atoms with Gasteiger partial charge in [-0.2, -0.15) is 0 Å². The number of aromatic nitrogens is 1. The van der Waals surface area contributed by atoms with E-state index in [1.807, 2.05) is 0 Å². The van der Waals surface area contributed by atoms with Crippen LogP contribution >= 0.6 is 15.9 Å². The van der Waals surface area contributed by atoms with Crippen LogP contribution in [0.25, 0.3) is 0 Å². The Morgan fingerprint density at radius 1 is 1.40 bits per heavy atom. The highest BCUT2D eigenvalue weighted by atomic mass is 79.9. The average molecular weight is 342 g/mol. The van der Waals surface area contributed by atoms with Gasteiger partial charge in [-0.25, -0.2) is 4.79 Å². The lowest BCUT2D eigenvalue weighted by atomic mass is 9.98. The molecule has 0 amide bonds. The van der Waals surface area contributed by atoms with Crippen LogP contribution in [0, 0.1) is 6.92 Å². The Hall–Kier alpha value is -1.10. The first-order chi connectivity index (χ1) is 9.49. The summed E-state index contributed by atoms with van der Waals surface area (Å²) < 4.78 is 7.75. The highest BCUT2D eigenvalue weighted by Gasteiger charge is 2.23. The predicted octanol–water partition coefficient (Wildman–Crippen LogP) is 3.36. The number of carbonyl (C=O) groups excluding carboxylic acids is 1. The third-order valence-electron chi connectivity index (χ3n) is 3.78. The van der Waals surface area contributed by atoms with Gasteiger partial charge in [0.2, 0.25) is 0 Å². The summed E-state index contributed by atoms with van der Waals surface area (Å²) in [5.41, 5.74) is 0.456. The largest absolute Gasteiger partial charge is 0.461 e. The van der Waals surface area contributed by atoms with Gasteiger partial charge in [-0.1, -0.05) is 6.42 Å². The summed E-state index contributed by atoms with van der Waals surface area (Å²) in [6, 6.07) is 1.15. The third kappa shape index (κ3) is 3.51. The molecule has 1 aliphatic carbocycles. The normalized spacial score (nSPS) is 17.8. The van der Waals surface area contributed by atoms with Crippen LogP contribution in [-0.2, 0) is 9.53 Å².